The molecule has 0 aliphatic heterocycles. The van der Waals surface area contributed by atoms with Crippen molar-refractivity contribution in [1.29, 1.82) is 0 Å². The fourth-order valence-corrected chi connectivity index (χ4v) is 2.50. The van der Waals surface area contributed by atoms with Crippen molar-refractivity contribution in [3.63, 3.8) is 0 Å². The van der Waals surface area contributed by atoms with Crippen molar-refractivity contribution >= 4 is 5.69 Å². The van der Waals surface area contributed by atoms with Crippen LogP contribution in [0.4, 0.5) is 5.69 Å². The number of anilines is 1. The zero-order valence-corrected chi connectivity index (χ0v) is 13.6. The van der Waals surface area contributed by atoms with E-state index in [9.17, 15) is 0 Å². The Morgan fingerprint density at radius 1 is 1.21 bits per heavy atom. The van der Waals surface area contributed by atoms with Crippen molar-refractivity contribution in [1.82, 2.24) is 5.32 Å². The normalized spacial score (nSPS) is 11.6. The number of nitrogens with one attached hydrogen (secondary N) is 1. The second-order valence-electron chi connectivity index (χ2n) is 5.99. The average Bonchev–Trinajstić information content (AvgIpc) is 2.33. The molecule has 0 bridgehead atoms. The molecule has 0 radical (unpaired) electrons. The molecule has 0 atom stereocenters. The van der Waals surface area contributed by atoms with Gasteiger partial charge in [-0.2, -0.15) is 0 Å². The number of hydrogen-bond donors (Lipinski definition) is 1. The van der Waals surface area contributed by atoms with Crippen molar-refractivity contribution in [2.45, 2.75) is 40.2 Å². The highest BCUT2D eigenvalue weighted by molar-refractivity contribution is 5.62. The lowest BCUT2D eigenvalue weighted by Crippen LogP contribution is -2.46. The zero-order chi connectivity index (χ0) is 14.8. The predicted molar refractivity (Wildman–Crippen MR) is 83.6 cm³/mol. The fourth-order valence-electron chi connectivity index (χ4n) is 2.50. The highest BCUT2D eigenvalue weighted by Gasteiger charge is 2.20. The molecule has 0 heterocycles. The zero-order valence-electron chi connectivity index (χ0n) is 13.6. The van der Waals surface area contributed by atoms with E-state index in [4.69, 9.17) is 4.74 Å². The molecule has 0 saturated carbocycles. The summed E-state index contributed by atoms with van der Waals surface area (Å²) in [5.41, 5.74) is 5.07. The molecule has 0 saturated heterocycles. The molecule has 19 heavy (non-hydrogen) atoms. The minimum Gasteiger partial charge on any atom is -0.496 e. The first-order valence-electron chi connectivity index (χ1n) is 6.78. The van der Waals surface area contributed by atoms with Crippen LogP contribution in [-0.2, 0) is 0 Å². The van der Waals surface area contributed by atoms with Gasteiger partial charge in [0.15, 0.2) is 0 Å². The topological polar surface area (TPSA) is 24.5 Å². The Kier molecular flexibility index (Phi) is 4.86. The smallest absolute Gasteiger partial charge is 0.125 e. The fraction of sp³-hybridized carbons (Fsp3) is 0.625. The van der Waals surface area contributed by atoms with E-state index >= 15 is 0 Å². The molecule has 1 N–H and O–H groups in total. The summed E-state index contributed by atoms with van der Waals surface area (Å²) < 4.78 is 5.48. The van der Waals surface area contributed by atoms with E-state index in [1.54, 1.807) is 7.11 Å². The molecule has 0 fully saturated rings. The quantitative estimate of drug-likeness (QED) is 0.884. The van der Waals surface area contributed by atoms with Gasteiger partial charge in [0.05, 0.1) is 7.11 Å². The average molecular weight is 264 g/mol. The predicted octanol–water partition coefficient (Wildman–Crippen LogP) is 3.05. The summed E-state index contributed by atoms with van der Waals surface area (Å²) in [6, 6.07) is 2.22. The Bertz CT molecular complexity index is 453. The van der Waals surface area contributed by atoms with Crippen LogP contribution < -0.4 is 15.0 Å². The maximum absolute atomic E-state index is 5.48. The Balaban J connectivity index is 3.15. The molecule has 0 aliphatic carbocycles. The molecule has 1 rings (SSSR count). The van der Waals surface area contributed by atoms with Gasteiger partial charge in [0.25, 0.3) is 0 Å². The molecule has 0 spiro atoms. The van der Waals surface area contributed by atoms with Crippen molar-refractivity contribution in [3.05, 3.63) is 22.8 Å². The van der Waals surface area contributed by atoms with Gasteiger partial charge in [-0.25, -0.2) is 0 Å². The molecular weight excluding hydrogens is 236 g/mol. The van der Waals surface area contributed by atoms with Gasteiger partial charge >= 0.3 is 0 Å². The Hall–Kier alpha value is -1.22. The lowest BCUT2D eigenvalue weighted by atomic mass is 10.00. The number of likely N-dealkylation sites (N-methyl/N-ethyl adjacent to an activating group) is 2. The van der Waals surface area contributed by atoms with Crippen LogP contribution in [0.2, 0.25) is 0 Å². The van der Waals surface area contributed by atoms with Gasteiger partial charge in [0.2, 0.25) is 0 Å². The molecule has 3 nitrogen and oxygen atoms in total. The van der Waals surface area contributed by atoms with Crippen molar-refractivity contribution in [2.24, 2.45) is 0 Å². The maximum Gasteiger partial charge on any atom is 0.125 e. The Morgan fingerprint density at radius 2 is 1.79 bits per heavy atom. The van der Waals surface area contributed by atoms with Crippen LogP contribution >= 0.6 is 0 Å². The first-order chi connectivity index (χ1) is 8.73. The number of rotatable bonds is 5. The Morgan fingerprint density at radius 3 is 2.26 bits per heavy atom. The molecule has 1 aromatic rings. The summed E-state index contributed by atoms with van der Waals surface area (Å²) >= 11 is 0. The van der Waals surface area contributed by atoms with Crippen LogP contribution in [0, 0.1) is 20.8 Å². The standard InChI is InChI=1S/C16H28N2O/c1-11-9-14(12(2)13(3)15(11)19-8)18(7)10-16(4,5)17-6/h9,17H,10H2,1-8H3. The molecule has 1 aromatic carbocycles. The highest BCUT2D eigenvalue weighted by Crippen LogP contribution is 2.33. The lowest BCUT2D eigenvalue weighted by molar-refractivity contribution is 0.407. The van der Waals surface area contributed by atoms with E-state index in [1.165, 1.54) is 22.4 Å². The van der Waals surface area contributed by atoms with Crippen LogP contribution in [0.25, 0.3) is 0 Å². The van der Waals surface area contributed by atoms with Gasteiger partial charge in [-0.1, -0.05) is 0 Å². The number of benzene rings is 1. The van der Waals surface area contributed by atoms with Crippen molar-refractivity contribution in [2.75, 3.05) is 32.6 Å². The van der Waals surface area contributed by atoms with E-state index in [2.05, 4.69) is 57.9 Å². The van der Waals surface area contributed by atoms with Gasteiger partial charge in [0, 0.05) is 24.8 Å². The summed E-state index contributed by atoms with van der Waals surface area (Å²) in [6.07, 6.45) is 0. The first-order valence-corrected chi connectivity index (χ1v) is 6.78. The van der Waals surface area contributed by atoms with Gasteiger partial charge in [-0.15, -0.1) is 0 Å². The van der Waals surface area contributed by atoms with E-state index in [0.29, 0.717) is 0 Å². The minimum absolute atomic E-state index is 0.0862. The van der Waals surface area contributed by atoms with Gasteiger partial charge < -0.3 is 15.0 Å². The van der Waals surface area contributed by atoms with E-state index < -0.39 is 0 Å². The van der Waals surface area contributed by atoms with Crippen LogP contribution in [-0.4, -0.2) is 33.3 Å². The molecule has 108 valence electrons. The summed E-state index contributed by atoms with van der Waals surface area (Å²) in [4.78, 5) is 2.31. The molecule has 0 aliphatic rings. The minimum atomic E-state index is 0.0862. The van der Waals surface area contributed by atoms with Crippen LogP contribution in [0.3, 0.4) is 0 Å². The molecule has 0 amide bonds. The SMILES string of the molecule is CNC(C)(C)CN(C)c1cc(C)c(OC)c(C)c1C. The molecular formula is C16H28N2O. The van der Waals surface area contributed by atoms with E-state index in [-0.39, 0.29) is 5.54 Å². The second-order valence-corrected chi connectivity index (χ2v) is 5.99. The van der Waals surface area contributed by atoms with E-state index in [0.717, 1.165) is 12.3 Å². The number of hydrogen-bond acceptors (Lipinski definition) is 3. The van der Waals surface area contributed by atoms with Gasteiger partial charge in [-0.3, -0.25) is 0 Å². The third-order valence-corrected chi connectivity index (χ3v) is 3.92. The monoisotopic (exact) mass is 264 g/mol. The maximum atomic E-state index is 5.48. The Labute approximate surface area is 118 Å². The van der Waals surface area contributed by atoms with Crippen LogP contribution in [0.5, 0.6) is 5.75 Å². The van der Waals surface area contributed by atoms with E-state index in [1.807, 2.05) is 7.05 Å². The summed E-state index contributed by atoms with van der Waals surface area (Å²) in [5, 5.41) is 3.35. The summed E-state index contributed by atoms with van der Waals surface area (Å²) in [7, 11) is 5.89. The molecule has 0 unspecified atom stereocenters. The number of ether oxygens (including phenoxy) is 1. The number of methoxy groups -OCH3 is 1. The summed E-state index contributed by atoms with van der Waals surface area (Å²) in [5.74, 6) is 1.00. The largest absolute Gasteiger partial charge is 0.496 e. The van der Waals surface area contributed by atoms with Crippen molar-refractivity contribution in [3.8, 4) is 5.75 Å². The number of aryl methyl sites for hydroxylation is 1. The molecule has 0 aromatic heterocycles. The van der Waals surface area contributed by atoms with Crippen molar-refractivity contribution < 1.29 is 4.74 Å². The second kappa shape index (κ2) is 5.83. The van der Waals surface area contributed by atoms with Crippen LogP contribution in [0.15, 0.2) is 6.07 Å². The summed E-state index contributed by atoms with van der Waals surface area (Å²) in [6.45, 7) is 11.8. The third kappa shape index (κ3) is 3.41. The van der Waals surface area contributed by atoms with Crippen LogP contribution in [0.1, 0.15) is 30.5 Å². The third-order valence-electron chi connectivity index (χ3n) is 3.92. The highest BCUT2D eigenvalue weighted by atomic mass is 16.5. The van der Waals surface area contributed by atoms with Gasteiger partial charge in [-0.05, 0) is 64.4 Å². The lowest BCUT2D eigenvalue weighted by Gasteiger charge is -2.33. The van der Waals surface area contributed by atoms with Gasteiger partial charge in [0.1, 0.15) is 5.75 Å². The first kappa shape index (κ1) is 15.8. The number of nitrogens with zero attached hydrogens (tertiary/aromatic N) is 1. The molecule has 3 heteroatoms.